The first-order chi connectivity index (χ1) is 8.42. The summed E-state index contributed by atoms with van der Waals surface area (Å²) in [5.41, 5.74) is 1.16. The Labute approximate surface area is 106 Å². The van der Waals surface area contributed by atoms with Gasteiger partial charge in [0, 0.05) is 5.69 Å². The van der Waals surface area contributed by atoms with Gasteiger partial charge in [-0.2, -0.15) is 5.26 Å². The Bertz CT molecular complexity index is 478. The Morgan fingerprint density at radius 2 is 2.22 bits per heavy atom. The van der Waals surface area contributed by atoms with Crippen LogP contribution in [0.25, 0.3) is 0 Å². The molecule has 0 saturated heterocycles. The van der Waals surface area contributed by atoms with Crippen molar-refractivity contribution in [2.45, 2.75) is 33.2 Å². The maximum absolute atomic E-state index is 11.1. The summed E-state index contributed by atoms with van der Waals surface area (Å²) in [4.78, 5) is 15.3. The van der Waals surface area contributed by atoms with Crippen molar-refractivity contribution in [2.75, 3.05) is 5.32 Å². The van der Waals surface area contributed by atoms with Crippen molar-refractivity contribution in [3.63, 3.8) is 0 Å². The Morgan fingerprint density at radius 1 is 1.56 bits per heavy atom. The number of anilines is 1. The lowest BCUT2D eigenvalue weighted by Gasteiger charge is -2.17. The maximum Gasteiger partial charge on any atom is 0.326 e. The van der Waals surface area contributed by atoms with Crippen LogP contribution in [0.2, 0.25) is 0 Å². The summed E-state index contributed by atoms with van der Waals surface area (Å²) in [6, 6.07) is 4.55. The smallest absolute Gasteiger partial charge is 0.326 e. The number of hydrogen-bond acceptors (Lipinski definition) is 4. The lowest BCUT2D eigenvalue weighted by Crippen LogP contribution is -2.31. The predicted molar refractivity (Wildman–Crippen MR) is 68.2 cm³/mol. The number of carboxylic acids is 1. The second-order valence-corrected chi connectivity index (χ2v) is 4.66. The highest BCUT2D eigenvalue weighted by Crippen LogP contribution is 2.14. The summed E-state index contributed by atoms with van der Waals surface area (Å²) in [7, 11) is 0. The largest absolute Gasteiger partial charge is 0.480 e. The molecule has 0 aliphatic heterocycles. The van der Waals surface area contributed by atoms with Crippen LogP contribution >= 0.6 is 0 Å². The van der Waals surface area contributed by atoms with Crippen molar-refractivity contribution < 1.29 is 9.90 Å². The molecule has 1 atom stereocenters. The van der Waals surface area contributed by atoms with Crippen LogP contribution in [0.3, 0.4) is 0 Å². The number of aryl methyl sites for hydroxylation is 1. The van der Waals surface area contributed by atoms with Crippen molar-refractivity contribution in [1.29, 1.82) is 5.26 Å². The molecule has 0 aliphatic rings. The number of carboxylic acid groups (broad SMARTS) is 1. The van der Waals surface area contributed by atoms with Gasteiger partial charge in [-0.15, -0.1) is 0 Å². The van der Waals surface area contributed by atoms with Crippen LogP contribution in [0, 0.1) is 24.2 Å². The molecule has 1 aromatic heterocycles. The molecule has 18 heavy (non-hydrogen) atoms. The van der Waals surface area contributed by atoms with E-state index in [4.69, 9.17) is 10.4 Å². The standard InChI is InChI=1S/C13H17N3O2/c1-8(2)4-11(13(17)18)16-12-6-10(7-14)5-9(3)15-12/h5-6,8,11H,4H2,1-3H3,(H,15,16)(H,17,18)/t11-/m1/s1. The van der Waals surface area contributed by atoms with E-state index in [1.165, 1.54) is 0 Å². The summed E-state index contributed by atoms with van der Waals surface area (Å²) in [5, 5.41) is 20.8. The second-order valence-electron chi connectivity index (χ2n) is 4.66. The van der Waals surface area contributed by atoms with Gasteiger partial charge in [0.05, 0.1) is 11.6 Å². The molecule has 1 aromatic rings. The first kappa shape index (κ1) is 14.0. The first-order valence-electron chi connectivity index (χ1n) is 5.80. The zero-order valence-corrected chi connectivity index (χ0v) is 10.8. The lowest BCUT2D eigenvalue weighted by molar-refractivity contribution is -0.138. The van der Waals surface area contributed by atoms with Crippen molar-refractivity contribution in [2.24, 2.45) is 5.92 Å². The van der Waals surface area contributed by atoms with Gasteiger partial charge in [0.15, 0.2) is 0 Å². The Kier molecular flexibility index (Phi) is 4.67. The second kappa shape index (κ2) is 6.01. The molecule has 5 heteroatoms. The van der Waals surface area contributed by atoms with Crippen LogP contribution in [0.4, 0.5) is 5.82 Å². The minimum Gasteiger partial charge on any atom is -0.480 e. The van der Waals surface area contributed by atoms with E-state index in [9.17, 15) is 4.79 Å². The number of pyridine rings is 1. The van der Waals surface area contributed by atoms with Crippen LogP contribution < -0.4 is 5.32 Å². The predicted octanol–water partition coefficient (Wildman–Crippen LogP) is 2.17. The van der Waals surface area contributed by atoms with Gasteiger partial charge in [0.2, 0.25) is 0 Å². The summed E-state index contributed by atoms with van der Waals surface area (Å²) < 4.78 is 0. The maximum atomic E-state index is 11.1. The number of aliphatic carboxylic acids is 1. The fourth-order valence-corrected chi connectivity index (χ4v) is 1.68. The van der Waals surface area contributed by atoms with E-state index >= 15 is 0 Å². The highest BCUT2D eigenvalue weighted by molar-refractivity contribution is 5.76. The fourth-order valence-electron chi connectivity index (χ4n) is 1.68. The van der Waals surface area contributed by atoms with Gasteiger partial charge < -0.3 is 10.4 Å². The Hall–Kier alpha value is -2.09. The van der Waals surface area contributed by atoms with Gasteiger partial charge in [0.25, 0.3) is 0 Å². The van der Waals surface area contributed by atoms with Crippen molar-refractivity contribution >= 4 is 11.8 Å². The van der Waals surface area contributed by atoms with Crippen LogP contribution in [0.5, 0.6) is 0 Å². The highest BCUT2D eigenvalue weighted by Gasteiger charge is 2.19. The first-order valence-corrected chi connectivity index (χ1v) is 5.80. The zero-order chi connectivity index (χ0) is 13.7. The van der Waals surface area contributed by atoms with Gasteiger partial charge >= 0.3 is 5.97 Å². The van der Waals surface area contributed by atoms with Crippen LogP contribution in [0.1, 0.15) is 31.5 Å². The van der Waals surface area contributed by atoms with Crippen LogP contribution in [0.15, 0.2) is 12.1 Å². The van der Waals surface area contributed by atoms with E-state index in [2.05, 4.69) is 10.3 Å². The molecule has 2 N–H and O–H groups in total. The molecular formula is C13H17N3O2. The molecule has 0 saturated carbocycles. The van der Waals surface area contributed by atoms with Crippen molar-refractivity contribution in [3.05, 3.63) is 23.4 Å². The van der Waals surface area contributed by atoms with E-state index < -0.39 is 12.0 Å². The van der Waals surface area contributed by atoms with Crippen LogP contribution in [-0.2, 0) is 4.79 Å². The SMILES string of the molecule is Cc1cc(C#N)cc(N[C@H](CC(C)C)C(=O)O)n1. The molecule has 1 heterocycles. The van der Waals surface area contributed by atoms with Gasteiger partial charge in [-0.1, -0.05) is 13.8 Å². The molecule has 1 rings (SSSR count). The summed E-state index contributed by atoms with van der Waals surface area (Å²) in [6.45, 7) is 5.69. The number of nitriles is 1. The number of carbonyl (C=O) groups is 1. The normalized spacial score (nSPS) is 11.9. The molecule has 0 radical (unpaired) electrons. The van der Waals surface area contributed by atoms with E-state index in [1.807, 2.05) is 19.9 Å². The molecule has 0 bridgehead atoms. The quantitative estimate of drug-likeness (QED) is 0.832. The molecule has 0 amide bonds. The molecular weight excluding hydrogens is 230 g/mol. The van der Waals surface area contributed by atoms with E-state index in [1.54, 1.807) is 19.1 Å². The van der Waals surface area contributed by atoms with Gasteiger partial charge in [-0.3, -0.25) is 0 Å². The van der Waals surface area contributed by atoms with Gasteiger partial charge in [-0.25, -0.2) is 9.78 Å². The lowest BCUT2D eigenvalue weighted by atomic mass is 10.0. The zero-order valence-electron chi connectivity index (χ0n) is 10.8. The number of nitrogens with zero attached hydrogens (tertiary/aromatic N) is 2. The molecule has 0 aromatic carbocycles. The molecule has 0 fully saturated rings. The minimum absolute atomic E-state index is 0.263. The van der Waals surface area contributed by atoms with E-state index in [0.29, 0.717) is 23.5 Å². The Morgan fingerprint density at radius 3 is 2.72 bits per heavy atom. The molecule has 0 aliphatic carbocycles. The topological polar surface area (TPSA) is 86.0 Å². The average Bonchev–Trinajstić information content (AvgIpc) is 2.26. The van der Waals surface area contributed by atoms with E-state index in [0.717, 1.165) is 0 Å². The van der Waals surface area contributed by atoms with Gasteiger partial charge in [0.1, 0.15) is 11.9 Å². The monoisotopic (exact) mass is 247 g/mol. The molecule has 5 nitrogen and oxygen atoms in total. The summed E-state index contributed by atoms with van der Waals surface area (Å²) >= 11 is 0. The summed E-state index contributed by atoms with van der Waals surface area (Å²) in [6.07, 6.45) is 0.507. The van der Waals surface area contributed by atoms with Crippen LogP contribution in [-0.4, -0.2) is 22.1 Å². The minimum atomic E-state index is -0.912. The number of aromatic nitrogens is 1. The third-order valence-corrected chi connectivity index (χ3v) is 2.41. The molecule has 96 valence electrons. The molecule has 0 spiro atoms. The highest BCUT2D eigenvalue weighted by atomic mass is 16.4. The van der Waals surface area contributed by atoms with Gasteiger partial charge in [-0.05, 0) is 31.4 Å². The Balaban J connectivity index is 2.90. The summed E-state index contributed by atoms with van der Waals surface area (Å²) in [5.74, 6) is -0.219. The van der Waals surface area contributed by atoms with Crippen molar-refractivity contribution in [1.82, 2.24) is 4.98 Å². The fraction of sp³-hybridized carbons (Fsp3) is 0.462. The van der Waals surface area contributed by atoms with E-state index in [-0.39, 0.29) is 5.92 Å². The molecule has 0 unspecified atom stereocenters. The number of rotatable bonds is 5. The van der Waals surface area contributed by atoms with Crippen molar-refractivity contribution in [3.8, 4) is 6.07 Å². The third kappa shape index (κ3) is 4.06. The average molecular weight is 247 g/mol. The number of nitrogens with one attached hydrogen (secondary N) is 1. The number of hydrogen-bond donors (Lipinski definition) is 2. The third-order valence-electron chi connectivity index (χ3n) is 2.41.